The van der Waals surface area contributed by atoms with Crippen LogP contribution in [0, 0.1) is 3.57 Å². The Morgan fingerprint density at radius 1 is 1.38 bits per heavy atom. The molecule has 16 heavy (non-hydrogen) atoms. The minimum Gasteiger partial charge on any atom is -0.548 e. The van der Waals surface area contributed by atoms with Crippen LogP contribution in [0.1, 0.15) is 12.5 Å². The summed E-state index contributed by atoms with van der Waals surface area (Å²) in [5.74, 6) is -1.64. The van der Waals surface area contributed by atoms with Gasteiger partial charge >= 0.3 is 0 Å². The minimum absolute atomic E-state index is 0.235. The molecule has 0 aromatic heterocycles. The van der Waals surface area contributed by atoms with Crippen molar-refractivity contribution < 1.29 is 14.7 Å². The molecule has 0 saturated heterocycles. The van der Waals surface area contributed by atoms with E-state index < -0.39 is 12.0 Å². The maximum Gasteiger partial charge on any atom is 0.217 e. The Morgan fingerprint density at radius 3 is 2.38 bits per heavy atom. The van der Waals surface area contributed by atoms with E-state index in [0.29, 0.717) is 0 Å². The van der Waals surface area contributed by atoms with Crippen LogP contribution in [-0.2, 0) is 16.0 Å². The van der Waals surface area contributed by atoms with E-state index in [0.717, 1.165) is 9.13 Å². The molecule has 1 rings (SSSR count). The zero-order valence-electron chi connectivity index (χ0n) is 8.70. The van der Waals surface area contributed by atoms with Gasteiger partial charge in [0.1, 0.15) is 0 Å². The zero-order chi connectivity index (χ0) is 12.1. The molecule has 1 N–H and O–H groups in total. The number of halogens is 1. The molecule has 1 atom stereocenters. The molecule has 0 unspecified atom stereocenters. The topological polar surface area (TPSA) is 69.2 Å². The number of hydrogen-bond donors (Lipinski definition) is 1. The molecule has 0 aliphatic carbocycles. The van der Waals surface area contributed by atoms with Gasteiger partial charge in [0.2, 0.25) is 5.91 Å². The van der Waals surface area contributed by atoms with Crippen molar-refractivity contribution in [3.05, 3.63) is 33.4 Å². The van der Waals surface area contributed by atoms with Crippen LogP contribution in [0.25, 0.3) is 0 Å². The fraction of sp³-hybridized carbons (Fsp3) is 0.273. The van der Waals surface area contributed by atoms with E-state index >= 15 is 0 Å². The molecule has 0 radical (unpaired) electrons. The van der Waals surface area contributed by atoms with Crippen molar-refractivity contribution in [2.75, 3.05) is 0 Å². The molecule has 0 heterocycles. The number of carbonyl (C=O) groups is 2. The summed E-state index contributed by atoms with van der Waals surface area (Å²) >= 11 is 2.17. The summed E-state index contributed by atoms with van der Waals surface area (Å²) in [5, 5.41) is 13.1. The van der Waals surface area contributed by atoms with Crippen LogP contribution in [0.5, 0.6) is 0 Å². The van der Waals surface area contributed by atoms with E-state index in [-0.39, 0.29) is 12.3 Å². The monoisotopic (exact) mass is 332 g/mol. The summed E-state index contributed by atoms with van der Waals surface area (Å²) in [7, 11) is 0. The second-order valence-electron chi connectivity index (χ2n) is 3.40. The van der Waals surface area contributed by atoms with Crippen LogP contribution in [0.15, 0.2) is 24.3 Å². The van der Waals surface area contributed by atoms with Crippen LogP contribution in [0.2, 0.25) is 0 Å². The SMILES string of the molecule is CC(=O)N[C@H](Cc1ccc(I)cc1)C(=O)[O-]. The Bertz CT molecular complexity index is 389. The molecule has 5 heteroatoms. The van der Waals surface area contributed by atoms with Crippen LogP contribution in [0.3, 0.4) is 0 Å². The average Bonchev–Trinajstić information content (AvgIpc) is 2.19. The largest absolute Gasteiger partial charge is 0.548 e. The Hall–Kier alpha value is -1.11. The number of hydrogen-bond acceptors (Lipinski definition) is 3. The van der Waals surface area contributed by atoms with Crippen LogP contribution < -0.4 is 10.4 Å². The summed E-state index contributed by atoms with van der Waals surface area (Å²) in [6.45, 7) is 1.28. The van der Waals surface area contributed by atoms with Crippen molar-refractivity contribution >= 4 is 34.5 Å². The highest BCUT2D eigenvalue weighted by Gasteiger charge is 2.11. The summed E-state index contributed by atoms with van der Waals surface area (Å²) in [6, 6.07) is 6.46. The zero-order valence-corrected chi connectivity index (χ0v) is 10.9. The van der Waals surface area contributed by atoms with E-state index in [1.807, 2.05) is 24.3 Å². The van der Waals surface area contributed by atoms with Crippen LogP contribution in [0.4, 0.5) is 0 Å². The van der Waals surface area contributed by atoms with Gasteiger partial charge in [-0.25, -0.2) is 0 Å². The molecule has 0 bridgehead atoms. The van der Waals surface area contributed by atoms with Crippen molar-refractivity contribution in [1.29, 1.82) is 0 Å². The lowest BCUT2D eigenvalue weighted by molar-refractivity contribution is -0.308. The third-order valence-corrected chi connectivity index (χ3v) is 2.73. The first-order valence-corrected chi connectivity index (χ1v) is 5.79. The molecule has 1 amide bonds. The lowest BCUT2D eigenvalue weighted by Crippen LogP contribution is -2.48. The minimum atomic E-state index is -1.27. The van der Waals surface area contributed by atoms with E-state index in [9.17, 15) is 14.7 Å². The predicted molar refractivity (Wildman–Crippen MR) is 65.5 cm³/mol. The Balaban J connectivity index is 2.71. The van der Waals surface area contributed by atoms with Crippen molar-refractivity contribution in [2.45, 2.75) is 19.4 Å². The third-order valence-electron chi connectivity index (χ3n) is 2.02. The van der Waals surface area contributed by atoms with Gasteiger partial charge in [-0.1, -0.05) is 12.1 Å². The number of amides is 1. The van der Waals surface area contributed by atoms with Gasteiger partial charge in [-0.05, 0) is 46.7 Å². The van der Waals surface area contributed by atoms with Crippen molar-refractivity contribution in [3.63, 3.8) is 0 Å². The Labute approximate surface area is 107 Å². The number of rotatable bonds is 4. The maximum absolute atomic E-state index is 10.8. The van der Waals surface area contributed by atoms with E-state index in [4.69, 9.17) is 0 Å². The number of carboxylic acid groups (broad SMARTS) is 1. The normalized spacial score (nSPS) is 11.9. The molecule has 86 valence electrons. The molecule has 1 aromatic carbocycles. The summed E-state index contributed by atoms with van der Waals surface area (Å²) in [5.41, 5.74) is 0.850. The smallest absolute Gasteiger partial charge is 0.217 e. The van der Waals surface area contributed by atoms with Gasteiger partial charge in [0.15, 0.2) is 0 Å². The van der Waals surface area contributed by atoms with Gasteiger partial charge in [0.25, 0.3) is 0 Å². The number of carbonyl (C=O) groups excluding carboxylic acids is 2. The van der Waals surface area contributed by atoms with Crippen LogP contribution >= 0.6 is 22.6 Å². The quantitative estimate of drug-likeness (QED) is 0.795. The molecule has 1 aromatic rings. The lowest BCUT2D eigenvalue weighted by Gasteiger charge is -2.18. The Morgan fingerprint density at radius 2 is 1.94 bits per heavy atom. The second-order valence-corrected chi connectivity index (χ2v) is 4.65. The van der Waals surface area contributed by atoms with Crippen molar-refractivity contribution in [2.24, 2.45) is 0 Å². The van der Waals surface area contributed by atoms with Crippen molar-refractivity contribution in [1.82, 2.24) is 5.32 Å². The van der Waals surface area contributed by atoms with Crippen molar-refractivity contribution in [3.8, 4) is 0 Å². The first-order chi connectivity index (χ1) is 7.49. The number of nitrogens with one attached hydrogen (secondary N) is 1. The fourth-order valence-electron chi connectivity index (χ4n) is 1.29. The molecule has 0 aliphatic rings. The van der Waals surface area contributed by atoms with E-state index in [2.05, 4.69) is 27.9 Å². The third kappa shape index (κ3) is 4.18. The first-order valence-electron chi connectivity index (χ1n) is 4.71. The lowest BCUT2D eigenvalue weighted by atomic mass is 10.1. The molecule has 0 saturated carbocycles. The molecular formula is C11H11INO3-. The first kappa shape index (κ1) is 13.0. The second kappa shape index (κ2) is 5.83. The average molecular weight is 332 g/mol. The van der Waals surface area contributed by atoms with Gasteiger partial charge in [-0.3, -0.25) is 4.79 Å². The highest BCUT2D eigenvalue weighted by molar-refractivity contribution is 14.1. The molecule has 0 spiro atoms. The van der Waals surface area contributed by atoms with Gasteiger partial charge in [0, 0.05) is 10.5 Å². The summed E-state index contributed by atoms with van der Waals surface area (Å²) in [6.07, 6.45) is 0.235. The van der Waals surface area contributed by atoms with Crippen LogP contribution in [-0.4, -0.2) is 17.9 Å². The Kier molecular flexibility index (Phi) is 4.72. The summed E-state index contributed by atoms with van der Waals surface area (Å²) in [4.78, 5) is 21.6. The highest BCUT2D eigenvalue weighted by Crippen LogP contribution is 2.08. The standard InChI is InChI=1S/C11H12INO3/c1-7(14)13-10(11(15)16)6-8-2-4-9(12)5-3-8/h2-5,10H,6H2,1H3,(H,13,14)(H,15,16)/p-1/t10-/m1/s1. The number of benzene rings is 1. The van der Waals surface area contributed by atoms with Gasteiger partial charge < -0.3 is 15.2 Å². The van der Waals surface area contributed by atoms with E-state index in [1.165, 1.54) is 6.92 Å². The highest BCUT2D eigenvalue weighted by atomic mass is 127. The molecule has 0 aliphatic heterocycles. The number of carboxylic acids is 1. The molecule has 0 fully saturated rings. The van der Waals surface area contributed by atoms with Gasteiger partial charge in [-0.2, -0.15) is 0 Å². The maximum atomic E-state index is 10.8. The fourth-order valence-corrected chi connectivity index (χ4v) is 1.65. The number of aliphatic carboxylic acids is 1. The van der Waals surface area contributed by atoms with Gasteiger partial charge in [0.05, 0.1) is 12.0 Å². The molecule has 4 nitrogen and oxygen atoms in total. The van der Waals surface area contributed by atoms with E-state index in [1.54, 1.807) is 0 Å². The molecular weight excluding hydrogens is 321 g/mol. The predicted octanol–water partition coefficient (Wildman–Crippen LogP) is 0.0883. The van der Waals surface area contributed by atoms with Gasteiger partial charge in [-0.15, -0.1) is 0 Å². The summed E-state index contributed by atoms with van der Waals surface area (Å²) < 4.78 is 1.07.